The van der Waals surface area contributed by atoms with Crippen LogP contribution in [-0.2, 0) is 11.2 Å². The Kier molecular flexibility index (Phi) is 7.69. The molecule has 0 aliphatic carbocycles. The summed E-state index contributed by atoms with van der Waals surface area (Å²) in [6, 6.07) is 18.5. The van der Waals surface area contributed by atoms with Crippen molar-refractivity contribution < 1.29 is 9.53 Å². The zero-order valence-electron chi connectivity index (χ0n) is 16.0. The van der Waals surface area contributed by atoms with Crippen molar-refractivity contribution in [1.82, 2.24) is 4.90 Å². The Morgan fingerprint density at radius 2 is 1.85 bits per heavy atom. The van der Waals surface area contributed by atoms with Gasteiger partial charge >= 0.3 is 0 Å². The third-order valence-corrected chi connectivity index (χ3v) is 5.14. The highest BCUT2D eigenvalue weighted by atomic mass is 35.5. The number of ether oxygens (including phenoxy) is 1. The van der Waals surface area contributed by atoms with E-state index in [-0.39, 0.29) is 24.4 Å². The van der Waals surface area contributed by atoms with Crippen molar-refractivity contribution in [2.45, 2.75) is 38.8 Å². The second-order valence-electron chi connectivity index (χ2n) is 7.21. The predicted molar refractivity (Wildman–Crippen MR) is 111 cm³/mol. The number of hydrogen-bond donors (Lipinski definition) is 1. The van der Waals surface area contributed by atoms with E-state index in [4.69, 9.17) is 10.5 Å². The fourth-order valence-electron chi connectivity index (χ4n) is 3.68. The lowest BCUT2D eigenvalue weighted by atomic mass is 10.0. The lowest BCUT2D eigenvalue weighted by Crippen LogP contribution is -2.42. The number of nitrogens with two attached hydrogens (primary N) is 1. The first kappa shape index (κ1) is 21.3. The molecule has 1 fully saturated rings. The number of para-hydroxylation sites is 1. The van der Waals surface area contributed by atoms with Gasteiger partial charge in [-0.05, 0) is 49.9 Å². The molecule has 27 heavy (non-hydrogen) atoms. The number of amides is 1. The zero-order valence-corrected chi connectivity index (χ0v) is 16.8. The number of carbonyl (C=O) groups excluding carboxylic acids is 1. The molecule has 2 N–H and O–H groups in total. The molecular weight excluding hydrogens is 360 g/mol. The fourth-order valence-corrected chi connectivity index (χ4v) is 3.68. The monoisotopic (exact) mass is 388 g/mol. The number of nitrogens with zero attached hydrogens (tertiary/aromatic N) is 1. The van der Waals surface area contributed by atoms with Crippen molar-refractivity contribution >= 4 is 18.3 Å². The van der Waals surface area contributed by atoms with E-state index >= 15 is 0 Å². The van der Waals surface area contributed by atoms with E-state index in [0.29, 0.717) is 12.5 Å². The maximum atomic E-state index is 12.9. The molecule has 146 valence electrons. The highest BCUT2D eigenvalue weighted by molar-refractivity contribution is 5.85. The van der Waals surface area contributed by atoms with Gasteiger partial charge in [0.05, 0.1) is 0 Å². The molecule has 2 aromatic rings. The molecule has 3 rings (SSSR count). The summed E-state index contributed by atoms with van der Waals surface area (Å²) in [6.07, 6.45) is 1.25. The van der Waals surface area contributed by atoms with Gasteiger partial charge in [0.2, 0.25) is 0 Å². The first-order valence-electron chi connectivity index (χ1n) is 9.37. The van der Waals surface area contributed by atoms with Crippen molar-refractivity contribution in [3.63, 3.8) is 0 Å². The largest absolute Gasteiger partial charge is 0.481 e. The first-order valence-corrected chi connectivity index (χ1v) is 9.37. The second kappa shape index (κ2) is 9.77. The molecule has 1 heterocycles. The van der Waals surface area contributed by atoms with Crippen LogP contribution in [0, 0.1) is 5.92 Å². The molecule has 0 radical (unpaired) electrons. The standard InChI is InChI=1S/C22H28N2O2.ClH/c1-16-12-19(14-23)15-24(16)22(25)17(2)26-21-11-7-6-10-20(21)13-18-8-4-3-5-9-18;/h3-11,16-17,19H,12-15,23H2,1-2H3;1H. The summed E-state index contributed by atoms with van der Waals surface area (Å²) in [7, 11) is 0. The van der Waals surface area contributed by atoms with E-state index < -0.39 is 6.10 Å². The van der Waals surface area contributed by atoms with Gasteiger partial charge in [0.1, 0.15) is 5.75 Å². The van der Waals surface area contributed by atoms with Crippen LogP contribution in [-0.4, -0.2) is 36.0 Å². The SMILES string of the molecule is CC(Oc1ccccc1Cc1ccccc1)C(=O)N1CC(CN)CC1C.Cl. The predicted octanol–water partition coefficient (Wildman–Crippen LogP) is 3.66. The smallest absolute Gasteiger partial charge is 0.263 e. The van der Waals surface area contributed by atoms with Crippen molar-refractivity contribution in [2.75, 3.05) is 13.1 Å². The van der Waals surface area contributed by atoms with E-state index in [1.54, 1.807) is 0 Å². The van der Waals surface area contributed by atoms with Gasteiger partial charge in [0.25, 0.3) is 5.91 Å². The molecule has 1 amide bonds. The highest BCUT2D eigenvalue weighted by Crippen LogP contribution is 2.26. The number of rotatable bonds is 6. The molecule has 1 aliphatic rings. The van der Waals surface area contributed by atoms with Gasteiger partial charge in [-0.25, -0.2) is 0 Å². The number of likely N-dealkylation sites (tertiary alicyclic amines) is 1. The van der Waals surface area contributed by atoms with E-state index in [2.05, 4.69) is 25.1 Å². The quantitative estimate of drug-likeness (QED) is 0.821. The van der Waals surface area contributed by atoms with Gasteiger partial charge in [-0.2, -0.15) is 0 Å². The van der Waals surface area contributed by atoms with Crippen LogP contribution in [0.1, 0.15) is 31.4 Å². The van der Waals surface area contributed by atoms with Crippen molar-refractivity contribution in [3.8, 4) is 5.75 Å². The minimum absolute atomic E-state index is 0. The summed E-state index contributed by atoms with van der Waals surface area (Å²) >= 11 is 0. The molecular formula is C22H29ClN2O2. The Hall–Kier alpha value is -2.04. The van der Waals surface area contributed by atoms with Gasteiger partial charge < -0.3 is 15.4 Å². The number of hydrogen-bond acceptors (Lipinski definition) is 3. The summed E-state index contributed by atoms with van der Waals surface area (Å²) < 4.78 is 6.09. The molecule has 5 heteroatoms. The van der Waals surface area contributed by atoms with Gasteiger partial charge in [-0.15, -0.1) is 12.4 Å². The maximum Gasteiger partial charge on any atom is 0.263 e. The molecule has 3 unspecified atom stereocenters. The Morgan fingerprint density at radius 3 is 2.52 bits per heavy atom. The minimum atomic E-state index is -0.508. The van der Waals surface area contributed by atoms with Crippen LogP contribution < -0.4 is 10.5 Å². The molecule has 1 saturated heterocycles. The van der Waals surface area contributed by atoms with Crippen molar-refractivity contribution in [2.24, 2.45) is 11.7 Å². The van der Waals surface area contributed by atoms with Crippen molar-refractivity contribution in [1.29, 1.82) is 0 Å². The lowest BCUT2D eigenvalue weighted by molar-refractivity contribution is -0.138. The Balaban J connectivity index is 0.00000261. The van der Waals surface area contributed by atoms with Crippen LogP contribution in [0.25, 0.3) is 0 Å². The van der Waals surface area contributed by atoms with Crippen LogP contribution in [0.3, 0.4) is 0 Å². The molecule has 4 nitrogen and oxygen atoms in total. The van der Waals surface area contributed by atoms with E-state index in [0.717, 1.165) is 30.7 Å². The Labute approximate surface area is 168 Å². The van der Waals surface area contributed by atoms with Crippen molar-refractivity contribution in [3.05, 3.63) is 65.7 Å². The first-order chi connectivity index (χ1) is 12.6. The normalized spacial score (nSPS) is 20.0. The number of benzene rings is 2. The van der Waals surface area contributed by atoms with Crippen LogP contribution in [0.2, 0.25) is 0 Å². The molecule has 1 aliphatic heterocycles. The van der Waals surface area contributed by atoms with Gasteiger partial charge in [-0.1, -0.05) is 48.5 Å². The summed E-state index contributed by atoms with van der Waals surface area (Å²) in [5.74, 6) is 1.22. The number of halogens is 1. The van der Waals surface area contributed by atoms with E-state index in [9.17, 15) is 4.79 Å². The third kappa shape index (κ3) is 5.24. The summed E-state index contributed by atoms with van der Waals surface area (Å²) in [6.45, 7) is 5.28. The van der Waals surface area contributed by atoms with Gasteiger partial charge in [-0.3, -0.25) is 4.79 Å². The number of carbonyl (C=O) groups is 1. The van der Waals surface area contributed by atoms with Crippen LogP contribution >= 0.6 is 12.4 Å². The summed E-state index contributed by atoms with van der Waals surface area (Å²) in [5.41, 5.74) is 8.10. The molecule has 0 spiro atoms. The molecule has 2 aromatic carbocycles. The molecule has 0 aromatic heterocycles. The average molecular weight is 389 g/mol. The van der Waals surface area contributed by atoms with Crippen LogP contribution in [0.5, 0.6) is 5.75 Å². The third-order valence-electron chi connectivity index (χ3n) is 5.14. The second-order valence-corrected chi connectivity index (χ2v) is 7.21. The Morgan fingerprint density at radius 1 is 1.19 bits per heavy atom. The Bertz CT molecular complexity index is 738. The topological polar surface area (TPSA) is 55.6 Å². The van der Waals surface area contributed by atoms with Gasteiger partial charge in [0.15, 0.2) is 6.10 Å². The van der Waals surface area contributed by atoms with E-state index in [1.165, 1.54) is 5.56 Å². The lowest BCUT2D eigenvalue weighted by Gasteiger charge is -2.26. The summed E-state index contributed by atoms with van der Waals surface area (Å²) in [4.78, 5) is 14.8. The molecule has 3 atom stereocenters. The maximum absolute atomic E-state index is 12.9. The zero-order chi connectivity index (χ0) is 18.5. The fraction of sp³-hybridized carbons (Fsp3) is 0.409. The minimum Gasteiger partial charge on any atom is -0.481 e. The summed E-state index contributed by atoms with van der Waals surface area (Å²) in [5, 5.41) is 0. The van der Waals surface area contributed by atoms with Crippen LogP contribution in [0.15, 0.2) is 54.6 Å². The highest BCUT2D eigenvalue weighted by Gasteiger charge is 2.34. The van der Waals surface area contributed by atoms with Gasteiger partial charge in [0, 0.05) is 19.0 Å². The molecule has 0 saturated carbocycles. The van der Waals surface area contributed by atoms with E-state index in [1.807, 2.05) is 48.2 Å². The molecule has 0 bridgehead atoms. The van der Waals surface area contributed by atoms with Crippen LogP contribution in [0.4, 0.5) is 0 Å². The average Bonchev–Trinajstić information content (AvgIpc) is 3.04.